The van der Waals surface area contributed by atoms with Gasteiger partial charge in [-0.05, 0) is 19.0 Å². The second-order valence-corrected chi connectivity index (χ2v) is 5.14. The second kappa shape index (κ2) is 7.64. The molecule has 0 unspecified atom stereocenters. The minimum absolute atomic E-state index is 0.450. The van der Waals surface area contributed by atoms with Gasteiger partial charge in [-0.1, -0.05) is 24.3 Å². The van der Waals surface area contributed by atoms with Gasteiger partial charge in [-0.15, -0.1) is 0 Å². The Morgan fingerprint density at radius 3 is 2.00 bits per heavy atom. The number of ether oxygens (including phenoxy) is 2. The summed E-state index contributed by atoms with van der Waals surface area (Å²) >= 11 is 0. The molecule has 1 rings (SSSR count). The van der Waals surface area contributed by atoms with Gasteiger partial charge in [-0.3, -0.25) is 0 Å². The Morgan fingerprint density at radius 2 is 1.58 bits per heavy atom. The summed E-state index contributed by atoms with van der Waals surface area (Å²) in [6.45, 7) is 3.80. The van der Waals surface area contributed by atoms with Crippen LogP contribution >= 0.6 is 0 Å². The number of alkyl halides is 3. The monoisotopic (exact) mass is 294 g/mol. The lowest BCUT2D eigenvalue weighted by atomic mass is 10.2. The normalized spacial score (nSPS) is 12.7. The van der Waals surface area contributed by atoms with E-state index in [0.717, 1.165) is 17.3 Å². The van der Waals surface area contributed by atoms with E-state index < -0.39 is 28.0 Å². The van der Waals surface area contributed by atoms with Crippen molar-refractivity contribution < 1.29 is 27.1 Å². The van der Waals surface area contributed by atoms with Gasteiger partial charge in [0.05, 0.1) is 5.56 Å². The fourth-order valence-corrected chi connectivity index (χ4v) is 2.32. The number of hydrogen-bond donors (Lipinski definition) is 0. The zero-order valence-corrected chi connectivity index (χ0v) is 12.3. The largest absolute Gasteiger partial charge is 0.416 e. The van der Waals surface area contributed by atoms with Crippen LogP contribution in [0, 0.1) is 0 Å². The van der Waals surface area contributed by atoms with Crippen molar-refractivity contribution in [1.29, 1.82) is 0 Å². The Balaban J connectivity index is 2.53. The van der Waals surface area contributed by atoms with Gasteiger partial charge >= 0.3 is 6.18 Å². The van der Waals surface area contributed by atoms with Gasteiger partial charge in [-0.2, -0.15) is 13.2 Å². The fourth-order valence-electron chi connectivity index (χ4n) is 1.37. The van der Waals surface area contributed by atoms with E-state index in [1.165, 1.54) is 12.1 Å². The van der Waals surface area contributed by atoms with E-state index in [4.69, 9.17) is 13.9 Å². The molecule has 0 aliphatic rings. The van der Waals surface area contributed by atoms with Gasteiger partial charge in [-0.25, -0.2) is 0 Å². The van der Waals surface area contributed by atoms with Crippen LogP contribution in [0.1, 0.15) is 19.4 Å². The lowest BCUT2D eigenvalue weighted by Crippen LogP contribution is -2.28. The van der Waals surface area contributed by atoms with Crippen molar-refractivity contribution in [1.82, 2.24) is 0 Å². The standard InChI is InChI=1S/C12H17F3O3Si/c1-3-16-11(17-4-2)18-19-10-7-5-9(6-8-10)12(13,14)15/h5-8,11H,3-4,19H2,1-2H3. The molecule has 0 amide bonds. The first kappa shape index (κ1) is 16.2. The predicted molar refractivity (Wildman–Crippen MR) is 67.7 cm³/mol. The molecule has 0 spiro atoms. The van der Waals surface area contributed by atoms with Crippen LogP contribution in [0.4, 0.5) is 13.2 Å². The van der Waals surface area contributed by atoms with Crippen LogP contribution in [0.5, 0.6) is 0 Å². The molecule has 3 nitrogen and oxygen atoms in total. The Bertz CT molecular complexity index is 361. The first-order valence-electron chi connectivity index (χ1n) is 5.98. The van der Waals surface area contributed by atoms with E-state index in [1.54, 1.807) is 0 Å². The molecule has 0 atom stereocenters. The van der Waals surface area contributed by atoms with Gasteiger partial charge in [0.1, 0.15) is 0 Å². The lowest BCUT2D eigenvalue weighted by Gasteiger charge is -2.17. The molecule has 1 aromatic carbocycles. The van der Waals surface area contributed by atoms with Crippen molar-refractivity contribution in [3.63, 3.8) is 0 Å². The summed E-state index contributed by atoms with van der Waals surface area (Å²) in [6, 6.07) is 4.98. The third-order valence-corrected chi connectivity index (χ3v) is 3.52. The highest BCUT2D eigenvalue weighted by Crippen LogP contribution is 2.28. The molecule has 0 aromatic heterocycles. The van der Waals surface area contributed by atoms with Crippen molar-refractivity contribution in [2.45, 2.75) is 26.5 Å². The highest BCUT2D eigenvalue weighted by Gasteiger charge is 2.29. The van der Waals surface area contributed by atoms with Crippen LogP contribution in [-0.2, 0) is 20.1 Å². The Hall–Kier alpha value is -0.893. The van der Waals surface area contributed by atoms with E-state index in [-0.39, 0.29) is 0 Å². The molecular weight excluding hydrogens is 277 g/mol. The predicted octanol–water partition coefficient (Wildman–Crippen LogP) is 1.79. The van der Waals surface area contributed by atoms with E-state index in [2.05, 4.69) is 0 Å². The van der Waals surface area contributed by atoms with Crippen LogP contribution < -0.4 is 5.19 Å². The minimum Gasteiger partial charge on any atom is -0.373 e. The molecule has 108 valence electrons. The van der Waals surface area contributed by atoms with Gasteiger partial charge in [0.2, 0.25) is 0 Å². The summed E-state index contributed by atoms with van der Waals surface area (Å²) in [5, 5.41) is 0.761. The zero-order chi connectivity index (χ0) is 14.3. The maximum atomic E-state index is 12.4. The highest BCUT2D eigenvalue weighted by molar-refractivity contribution is 6.46. The summed E-state index contributed by atoms with van der Waals surface area (Å²) < 4.78 is 53.0. The first-order valence-corrected chi connectivity index (χ1v) is 7.26. The maximum Gasteiger partial charge on any atom is 0.416 e. The van der Waals surface area contributed by atoms with Crippen molar-refractivity contribution >= 4 is 14.9 Å². The quantitative estimate of drug-likeness (QED) is 0.567. The molecule has 0 aliphatic heterocycles. The van der Waals surface area contributed by atoms with Crippen LogP contribution in [0.2, 0.25) is 0 Å². The third-order valence-electron chi connectivity index (χ3n) is 2.27. The van der Waals surface area contributed by atoms with Crippen molar-refractivity contribution in [3.05, 3.63) is 29.8 Å². The molecule has 0 fully saturated rings. The third kappa shape index (κ3) is 5.73. The molecule has 0 bridgehead atoms. The van der Waals surface area contributed by atoms with E-state index in [9.17, 15) is 13.2 Å². The van der Waals surface area contributed by atoms with Crippen LogP contribution in [0.15, 0.2) is 24.3 Å². The van der Waals surface area contributed by atoms with Gasteiger partial charge in [0.15, 0.2) is 9.76 Å². The molecule has 0 saturated carbocycles. The fraction of sp³-hybridized carbons (Fsp3) is 0.500. The molecule has 1 aromatic rings. The van der Waals surface area contributed by atoms with Crippen LogP contribution in [0.25, 0.3) is 0 Å². The van der Waals surface area contributed by atoms with Gasteiger partial charge in [0.25, 0.3) is 6.48 Å². The molecule has 7 heteroatoms. The minimum atomic E-state index is -4.31. The topological polar surface area (TPSA) is 27.7 Å². The summed E-state index contributed by atoms with van der Waals surface area (Å²) in [5.41, 5.74) is -0.656. The molecule has 0 aliphatic carbocycles. The molecule has 19 heavy (non-hydrogen) atoms. The summed E-state index contributed by atoms with van der Waals surface area (Å²) in [6.07, 6.45) is -4.31. The van der Waals surface area contributed by atoms with E-state index in [0.29, 0.717) is 13.2 Å². The number of rotatable bonds is 7. The van der Waals surface area contributed by atoms with E-state index in [1.807, 2.05) is 13.8 Å². The Labute approximate surface area is 112 Å². The molecule has 0 saturated heterocycles. The average Bonchev–Trinajstić information content (AvgIpc) is 2.36. The second-order valence-electron chi connectivity index (χ2n) is 3.71. The number of halogens is 3. The Kier molecular flexibility index (Phi) is 6.50. The molecular formula is C12H17F3O3Si. The van der Waals surface area contributed by atoms with Crippen molar-refractivity contribution in [2.75, 3.05) is 13.2 Å². The smallest absolute Gasteiger partial charge is 0.373 e. The molecule has 0 N–H and O–H groups in total. The average molecular weight is 294 g/mol. The van der Waals surface area contributed by atoms with Crippen LogP contribution in [0.3, 0.4) is 0 Å². The SMILES string of the molecule is CCOC(OCC)O[SiH2]c1ccc(C(F)(F)F)cc1. The molecule has 0 radical (unpaired) electrons. The van der Waals surface area contributed by atoms with Gasteiger partial charge in [0, 0.05) is 13.2 Å². The first-order chi connectivity index (χ1) is 8.97. The molecule has 0 heterocycles. The lowest BCUT2D eigenvalue weighted by molar-refractivity contribution is -0.242. The summed E-state index contributed by atoms with van der Waals surface area (Å²) in [4.78, 5) is 0. The van der Waals surface area contributed by atoms with Crippen molar-refractivity contribution in [3.8, 4) is 0 Å². The summed E-state index contributed by atoms with van der Waals surface area (Å²) in [7, 11) is -1.18. The number of benzene rings is 1. The maximum absolute atomic E-state index is 12.4. The summed E-state index contributed by atoms with van der Waals surface area (Å²) in [5.74, 6) is 0. The Morgan fingerprint density at radius 1 is 1.05 bits per heavy atom. The number of hydrogen-bond acceptors (Lipinski definition) is 3. The van der Waals surface area contributed by atoms with Crippen LogP contribution in [-0.4, -0.2) is 29.5 Å². The van der Waals surface area contributed by atoms with Gasteiger partial charge < -0.3 is 13.9 Å². The zero-order valence-electron chi connectivity index (χ0n) is 10.9. The highest BCUT2D eigenvalue weighted by atomic mass is 28.2. The van der Waals surface area contributed by atoms with E-state index >= 15 is 0 Å². The van der Waals surface area contributed by atoms with Crippen molar-refractivity contribution in [2.24, 2.45) is 0 Å².